The zero-order valence-corrected chi connectivity index (χ0v) is 14.1. The first-order chi connectivity index (χ1) is 9.95. The Morgan fingerprint density at radius 2 is 1.67 bits per heavy atom. The summed E-state index contributed by atoms with van der Waals surface area (Å²) in [7, 11) is 0. The van der Waals surface area contributed by atoms with Crippen LogP contribution in [-0.2, 0) is 4.79 Å². The first-order valence-corrected chi connectivity index (χ1v) is 8.42. The van der Waals surface area contributed by atoms with Crippen molar-refractivity contribution in [1.82, 2.24) is 0 Å². The average molecular weight is 286 g/mol. The number of rotatable bonds is 1. The Morgan fingerprint density at radius 1 is 1.05 bits per heavy atom. The monoisotopic (exact) mass is 286 g/mol. The summed E-state index contributed by atoms with van der Waals surface area (Å²) in [5.41, 5.74) is 4.36. The molecule has 2 aliphatic rings. The van der Waals surface area contributed by atoms with Gasteiger partial charge >= 0.3 is 0 Å². The van der Waals surface area contributed by atoms with Gasteiger partial charge in [0.2, 0.25) is 0 Å². The third-order valence-electron chi connectivity index (χ3n) is 5.49. The highest BCUT2D eigenvalue weighted by Crippen LogP contribution is 2.61. The summed E-state index contributed by atoms with van der Waals surface area (Å²) in [4.78, 5) is 11.3. The van der Waals surface area contributed by atoms with E-state index in [2.05, 4.69) is 45.9 Å². The van der Waals surface area contributed by atoms with Crippen molar-refractivity contribution in [1.29, 1.82) is 0 Å². The van der Waals surface area contributed by atoms with Gasteiger partial charge in [-0.2, -0.15) is 0 Å². The second-order valence-corrected chi connectivity index (χ2v) is 7.53. The predicted octanol–water partition coefficient (Wildman–Crippen LogP) is 5.63. The van der Waals surface area contributed by atoms with Crippen LogP contribution < -0.4 is 0 Å². The van der Waals surface area contributed by atoms with Crippen LogP contribution in [0.3, 0.4) is 0 Å². The summed E-state index contributed by atoms with van der Waals surface area (Å²) in [5, 5.41) is 0. The molecule has 2 aliphatic carbocycles. The molecule has 0 radical (unpaired) electrons. The molecule has 0 spiro atoms. The largest absolute Gasteiger partial charge is 0.298 e. The maximum atomic E-state index is 11.3. The molecule has 0 aliphatic heterocycles. The minimum atomic E-state index is 0.375. The number of hydrogen-bond donors (Lipinski definition) is 0. The molecular formula is C20H30O. The maximum absolute atomic E-state index is 11.3. The molecule has 0 N–H and O–H groups in total. The van der Waals surface area contributed by atoms with E-state index >= 15 is 0 Å². The summed E-state index contributed by atoms with van der Waals surface area (Å²) >= 11 is 0. The fourth-order valence-electron chi connectivity index (χ4n) is 3.70. The minimum Gasteiger partial charge on any atom is -0.298 e. The number of carbonyl (C=O) groups is 1. The smallest absolute Gasteiger partial charge is 0.145 e. The van der Waals surface area contributed by atoms with E-state index in [-0.39, 0.29) is 0 Å². The van der Waals surface area contributed by atoms with E-state index in [0.29, 0.717) is 11.3 Å². The summed E-state index contributed by atoms with van der Waals surface area (Å²) in [6.07, 6.45) is 14.7. The molecule has 0 aromatic heterocycles. The van der Waals surface area contributed by atoms with E-state index in [1.54, 1.807) is 0 Å². The molecule has 1 saturated carbocycles. The molecule has 0 amide bonds. The Balaban J connectivity index is 2.15. The van der Waals surface area contributed by atoms with Gasteiger partial charge in [-0.15, -0.1) is 0 Å². The standard InChI is InChI=1S/C20H30O/c1-15-7-5-8-16(2)11-12-18-19(20(18,3)4)13-17(14-21)10-6-9-15/h8-9,13-14,18-19H,5-7,10-12H2,1-4H3/b15-9+,16-8+,17-13-/t18-,19-/m1/s1. The quantitative estimate of drug-likeness (QED) is 0.451. The van der Waals surface area contributed by atoms with Crippen molar-refractivity contribution in [3.8, 4) is 0 Å². The van der Waals surface area contributed by atoms with Gasteiger partial charge in [-0.05, 0) is 75.2 Å². The molecule has 1 heteroatoms. The molecule has 0 bridgehead atoms. The summed E-state index contributed by atoms with van der Waals surface area (Å²) in [6.45, 7) is 9.17. The number of carbonyl (C=O) groups excluding carboxylic acids is 1. The lowest BCUT2D eigenvalue weighted by molar-refractivity contribution is -0.105. The van der Waals surface area contributed by atoms with Crippen molar-refractivity contribution in [2.75, 3.05) is 0 Å². The molecule has 2 atom stereocenters. The van der Waals surface area contributed by atoms with Crippen LogP contribution in [0.15, 0.2) is 34.9 Å². The van der Waals surface area contributed by atoms with Gasteiger partial charge in [0.1, 0.15) is 6.29 Å². The first kappa shape index (κ1) is 16.3. The van der Waals surface area contributed by atoms with E-state index in [0.717, 1.165) is 43.5 Å². The molecule has 21 heavy (non-hydrogen) atoms. The van der Waals surface area contributed by atoms with E-state index in [1.165, 1.54) is 24.0 Å². The van der Waals surface area contributed by atoms with Crippen molar-refractivity contribution in [2.24, 2.45) is 17.3 Å². The van der Waals surface area contributed by atoms with Gasteiger partial charge < -0.3 is 0 Å². The van der Waals surface area contributed by atoms with Gasteiger partial charge in [0.25, 0.3) is 0 Å². The molecule has 0 saturated heterocycles. The van der Waals surface area contributed by atoms with Gasteiger partial charge in [-0.1, -0.05) is 43.2 Å². The van der Waals surface area contributed by atoms with Crippen LogP contribution >= 0.6 is 0 Å². The Morgan fingerprint density at radius 3 is 2.33 bits per heavy atom. The second-order valence-electron chi connectivity index (χ2n) is 7.53. The molecule has 2 rings (SSSR count). The van der Waals surface area contributed by atoms with Gasteiger partial charge in [-0.25, -0.2) is 0 Å². The van der Waals surface area contributed by atoms with Crippen LogP contribution in [0.1, 0.15) is 66.2 Å². The molecule has 116 valence electrons. The van der Waals surface area contributed by atoms with E-state index in [4.69, 9.17) is 0 Å². The predicted molar refractivity (Wildman–Crippen MR) is 90.1 cm³/mol. The Bertz CT molecular complexity index is 476. The Kier molecular flexibility index (Phi) is 5.24. The Hall–Kier alpha value is -1.11. The van der Waals surface area contributed by atoms with Gasteiger partial charge in [0, 0.05) is 0 Å². The number of fused-ring (bicyclic) bond motifs is 1. The molecule has 0 aromatic carbocycles. The average Bonchev–Trinajstić information content (AvgIpc) is 2.94. The molecule has 0 aromatic rings. The minimum absolute atomic E-state index is 0.375. The zero-order valence-electron chi connectivity index (χ0n) is 14.1. The second kappa shape index (κ2) is 6.77. The lowest BCUT2D eigenvalue weighted by Gasteiger charge is -2.05. The highest BCUT2D eigenvalue weighted by molar-refractivity contribution is 5.73. The van der Waals surface area contributed by atoms with Crippen LogP contribution in [0.4, 0.5) is 0 Å². The zero-order chi connectivity index (χ0) is 15.5. The van der Waals surface area contributed by atoms with Crippen LogP contribution in [0.2, 0.25) is 0 Å². The lowest BCUT2D eigenvalue weighted by atomic mass is 10.0. The van der Waals surface area contributed by atoms with Gasteiger partial charge in [0.05, 0.1) is 0 Å². The lowest BCUT2D eigenvalue weighted by Crippen LogP contribution is -1.91. The van der Waals surface area contributed by atoms with Crippen molar-refractivity contribution >= 4 is 6.29 Å². The van der Waals surface area contributed by atoms with Crippen molar-refractivity contribution in [3.05, 3.63) is 34.9 Å². The third-order valence-corrected chi connectivity index (χ3v) is 5.49. The highest BCUT2D eigenvalue weighted by atomic mass is 16.1. The third kappa shape index (κ3) is 4.18. The fourth-order valence-corrected chi connectivity index (χ4v) is 3.70. The number of hydrogen-bond acceptors (Lipinski definition) is 1. The molecule has 1 nitrogen and oxygen atoms in total. The van der Waals surface area contributed by atoms with E-state index in [9.17, 15) is 4.79 Å². The Labute approximate surface area is 130 Å². The number of allylic oxidation sites excluding steroid dienone is 6. The summed E-state index contributed by atoms with van der Waals surface area (Å²) < 4.78 is 0. The molecule has 0 unspecified atom stereocenters. The molecule has 1 fully saturated rings. The van der Waals surface area contributed by atoms with E-state index in [1.807, 2.05) is 0 Å². The number of aldehydes is 1. The van der Waals surface area contributed by atoms with E-state index < -0.39 is 0 Å². The van der Waals surface area contributed by atoms with Crippen LogP contribution in [0, 0.1) is 17.3 Å². The summed E-state index contributed by atoms with van der Waals surface area (Å²) in [5.74, 6) is 1.34. The first-order valence-electron chi connectivity index (χ1n) is 8.42. The van der Waals surface area contributed by atoms with Gasteiger partial charge in [0.15, 0.2) is 0 Å². The van der Waals surface area contributed by atoms with Gasteiger partial charge in [-0.3, -0.25) is 4.79 Å². The SMILES string of the molecule is C/C1=C\CC/C(C=O)=C/[C@@H]2[C@@H](CC/C(C)=C/CC1)C2(C)C. The molecule has 0 heterocycles. The maximum Gasteiger partial charge on any atom is 0.145 e. The van der Waals surface area contributed by atoms with Crippen molar-refractivity contribution in [3.63, 3.8) is 0 Å². The summed E-state index contributed by atoms with van der Waals surface area (Å²) in [6, 6.07) is 0. The van der Waals surface area contributed by atoms with Crippen LogP contribution in [0.5, 0.6) is 0 Å². The topological polar surface area (TPSA) is 17.1 Å². The van der Waals surface area contributed by atoms with Crippen LogP contribution in [0.25, 0.3) is 0 Å². The fraction of sp³-hybridized carbons (Fsp3) is 0.650. The van der Waals surface area contributed by atoms with Crippen LogP contribution in [-0.4, -0.2) is 6.29 Å². The van der Waals surface area contributed by atoms with Crippen molar-refractivity contribution in [2.45, 2.75) is 66.2 Å². The molecular weight excluding hydrogens is 256 g/mol. The van der Waals surface area contributed by atoms with Crippen molar-refractivity contribution < 1.29 is 4.79 Å². The highest BCUT2D eigenvalue weighted by Gasteiger charge is 2.55. The normalized spacial score (nSPS) is 37.6.